The fraction of sp³-hybridized carbons (Fsp3) is 0.231. The average molecular weight is 278 g/mol. The van der Waals surface area contributed by atoms with Crippen molar-refractivity contribution in [3.05, 3.63) is 50.7 Å². The van der Waals surface area contributed by atoms with Crippen LogP contribution in [-0.2, 0) is 6.54 Å². The fourth-order valence-corrected chi connectivity index (χ4v) is 1.82. The first-order valence-electron chi connectivity index (χ1n) is 5.79. The van der Waals surface area contributed by atoms with Gasteiger partial charge < -0.3 is 14.6 Å². The summed E-state index contributed by atoms with van der Waals surface area (Å²) in [7, 11) is 3.03. The second-order valence-electron chi connectivity index (χ2n) is 4.07. The van der Waals surface area contributed by atoms with Crippen molar-refractivity contribution in [2.24, 2.45) is 0 Å². The van der Waals surface area contributed by atoms with Crippen molar-refractivity contribution in [3.63, 3.8) is 0 Å². The highest BCUT2D eigenvalue weighted by molar-refractivity contribution is 5.43. The Hall–Kier alpha value is -2.70. The van der Waals surface area contributed by atoms with E-state index < -0.39 is 17.1 Å². The van der Waals surface area contributed by atoms with E-state index in [-0.39, 0.29) is 6.54 Å². The van der Waals surface area contributed by atoms with E-state index >= 15 is 0 Å². The molecule has 0 unspecified atom stereocenters. The van der Waals surface area contributed by atoms with E-state index in [9.17, 15) is 14.7 Å². The summed E-state index contributed by atoms with van der Waals surface area (Å²) in [6.45, 7) is 0.0990. The maximum atomic E-state index is 11.6. The largest absolute Gasteiger partial charge is 0.494 e. The number of hydrogen-bond acceptors (Lipinski definition) is 5. The van der Waals surface area contributed by atoms with Crippen molar-refractivity contribution in [2.45, 2.75) is 6.54 Å². The Balaban J connectivity index is 2.40. The van der Waals surface area contributed by atoms with Crippen LogP contribution in [0.4, 0.5) is 0 Å². The molecule has 0 bridgehead atoms. The van der Waals surface area contributed by atoms with Crippen molar-refractivity contribution in [1.29, 1.82) is 0 Å². The van der Waals surface area contributed by atoms with E-state index in [0.717, 1.165) is 10.6 Å². The summed E-state index contributed by atoms with van der Waals surface area (Å²) in [5.74, 6) is 0.685. The minimum Gasteiger partial charge on any atom is -0.494 e. The highest BCUT2D eigenvalue weighted by Crippen LogP contribution is 2.27. The number of aromatic nitrogens is 2. The van der Waals surface area contributed by atoms with E-state index in [2.05, 4.69) is 4.98 Å². The lowest BCUT2D eigenvalue weighted by molar-refractivity contribution is 0.354. The van der Waals surface area contributed by atoms with E-state index in [0.29, 0.717) is 17.1 Å². The molecule has 2 rings (SSSR count). The average Bonchev–Trinajstić information content (AvgIpc) is 2.42. The van der Waals surface area contributed by atoms with E-state index in [1.54, 1.807) is 18.2 Å². The van der Waals surface area contributed by atoms with Crippen LogP contribution in [0, 0.1) is 0 Å². The fourth-order valence-electron chi connectivity index (χ4n) is 1.82. The van der Waals surface area contributed by atoms with Gasteiger partial charge >= 0.3 is 5.69 Å². The maximum absolute atomic E-state index is 11.6. The molecule has 20 heavy (non-hydrogen) atoms. The Labute approximate surface area is 114 Å². The minimum absolute atomic E-state index is 0.0990. The van der Waals surface area contributed by atoms with Gasteiger partial charge in [0.05, 0.1) is 26.8 Å². The van der Waals surface area contributed by atoms with Gasteiger partial charge in [-0.25, -0.2) is 4.79 Å². The van der Waals surface area contributed by atoms with Gasteiger partial charge in [-0.2, -0.15) is 0 Å². The zero-order chi connectivity index (χ0) is 14.7. The number of methoxy groups -OCH3 is 2. The number of nitrogens with zero attached hydrogens (tertiary/aromatic N) is 1. The van der Waals surface area contributed by atoms with Crippen molar-refractivity contribution < 1.29 is 14.6 Å². The van der Waals surface area contributed by atoms with Crippen LogP contribution >= 0.6 is 0 Å². The summed E-state index contributed by atoms with van der Waals surface area (Å²) in [6, 6.07) is 6.07. The molecule has 7 heteroatoms. The number of H-pyrrole nitrogens is 1. The standard InChI is InChI=1S/C13H14N2O5/c1-19-9-4-3-8(5-10(9)20-2)7-15-12(17)6-11(16)14-13(15)18/h3-6,17H,7H2,1-2H3,(H,14,16,18). The first kappa shape index (κ1) is 13.7. The van der Waals surface area contributed by atoms with E-state index in [4.69, 9.17) is 9.47 Å². The SMILES string of the molecule is COc1ccc(Cn2c(O)cc(=O)[nH]c2=O)cc1OC. The third-order valence-corrected chi connectivity index (χ3v) is 2.80. The number of nitrogens with one attached hydrogen (secondary N) is 1. The predicted octanol–water partition coefficient (Wildman–Crippen LogP) is 0.308. The molecule has 0 spiro atoms. The highest BCUT2D eigenvalue weighted by atomic mass is 16.5. The molecule has 1 heterocycles. The Morgan fingerprint density at radius 1 is 1.15 bits per heavy atom. The number of aromatic amines is 1. The van der Waals surface area contributed by atoms with Crippen LogP contribution in [0.25, 0.3) is 0 Å². The molecule has 0 saturated carbocycles. The first-order valence-corrected chi connectivity index (χ1v) is 5.79. The molecular formula is C13H14N2O5. The number of hydrogen-bond donors (Lipinski definition) is 2. The summed E-state index contributed by atoms with van der Waals surface area (Å²) in [5.41, 5.74) is -0.604. The number of benzene rings is 1. The number of rotatable bonds is 4. The molecule has 1 aromatic carbocycles. The molecule has 0 aliphatic heterocycles. The quantitative estimate of drug-likeness (QED) is 0.839. The van der Waals surface area contributed by atoms with Crippen molar-refractivity contribution in [3.8, 4) is 17.4 Å². The van der Waals surface area contributed by atoms with Gasteiger partial charge in [0.25, 0.3) is 5.56 Å². The lowest BCUT2D eigenvalue weighted by Gasteiger charge is -2.11. The lowest BCUT2D eigenvalue weighted by Crippen LogP contribution is -2.29. The molecule has 0 fully saturated rings. The van der Waals surface area contributed by atoms with Crippen molar-refractivity contribution in [1.82, 2.24) is 9.55 Å². The van der Waals surface area contributed by atoms with E-state index in [1.165, 1.54) is 14.2 Å². The summed E-state index contributed by atoms with van der Waals surface area (Å²) >= 11 is 0. The minimum atomic E-state index is -0.676. The summed E-state index contributed by atoms with van der Waals surface area (Å²) < 4.78 is 11.3. The molecule has 0 aliphatic rings. The van der Waals surface area contributed by atoms with Gasteiger partial charge in [-0.1, -0.05) is 6.07 Å². The second-order valence-corrected chi connectivity index (χ2v) is 4.07. The first-order chi connectivity index (χ1) is 9.55. The van der Waals surface area contributed by atoms with Gasteiger partial charge in [0, 0.05) is 0 Å². The van der Waals surface area contributed by atoms with Gasteiger partial charge in [0.1, 0.15) is 0 Å². The molecule has 2 aromatic rings. The van der Waals surface area contributed by atoms with Gasteiger partial charge in [0.2, 0.25) is 5.88 Å². The molecule has 7 nitrogen and oxygen atoms in total. The van der Waals surface area contributed by atoms with Crippen molar-refractivity contribution in [2.75, 3.05) is 14.2 Å². The normalized spacial score (nSPS) is 10.3. The Morgan fingerprint density at radius 3 is 2.45 bits per heavy atom. The Bertz CT molecular complexity index is 732. The molecule has 0 amide bonds. The predicted molar refractivity (Wildman–Crippen MR) is 71.6 cm³/mol. The smallest absolute Gasteiger partial charge is 0.331 e. The van der Waals surface area contributed by atoms with Crippen molar-refractivity contribution >= 4 is 0 Å². The Morgan fingerprint density at radius 2 is 1.85 bits per heavy atom. The number of aromatic hydroxyl groups is 1. The third kappa shape index (κ3) is 2.66. The maximum Gasteiger partial charge on any atom is 0.331 e. The van der Waals surface area contributed by atoms with Crippen LogP contribution in [0.3, 0.4) is 0 Å². The van der Waals surface area contributed by atoms with Crippen LogP contribution in [0.2, 0.25) is 0 Å². The molecule has 1 aromatic heterocycles. The zero-order valence-corrected chi connectivity index (χ0v) is 11.0. The monoisotopic (exact) mass is 278 g/mol. The molecule has 2 N–H and O–H groups in total. The lowest BCUT2D eigenvalue weighted by atomic mass is 10.2. The van der Waals surface area contributed by atoms with E-state index in [1.807, 2.05) is 0 Å². The molecule has 0 aliphatic carbocycles. The van der Waals surface area contributed by atoms with Gasteiger partial charge in [-0.3, -0.25) is 14.3 Å². The van der Waals surface area contributed by atoms with Crippen LogP contribution < -0.4 is 20.7 Å². The highest BCUT2D eigenvalue weighted by Gasteiger charge is 2.08. The number of ether oxygens (including phenoxy) is 2. The molecule has 0 atom stereocenters. The topological polar surface area (TPSA) is 93.5 Å². The second kappa shape index (κ2) is 5.52. The van der Waals surface area contributed by atoms with Crippen LogP contribution in [0.5, 0.6) is 17.4 Å². The third-order valence-electron chi connectivity index (χ3n) is 2.80. The zero-order valence-electron chi connectivity index (χ0n) is 11.0. The molecule has 106 valence electrons. The van der Waals surface area contributed by atoms with Gasteiger partial charge in [-0.05, 0) is 17.7 Å². The molecule has 0 saturated heterocycles. The van der Waals surface area contributed by atoms with Gasteiger partial charge in [0.15, 0.2) is 11.5 Å². The van der Waals surface area contributed by atoms with Crippen LogP contribution in [-0.4, -0.2) is 28.9 Å². The van der Waals surface area contributed by atoms with Crippen LogP contribution in [0.1, 0.15) is 5.56 Å². The summed E-state index contributed by atoms with van der Waals surface area (Å²) in [6.07, 6.45) is 0. The molecular weight excluding hydrogens is 264 g/mol. The Kier molecular flexibility index (Phi) is 3.79. The summed E-state index contributed by atoms with van der Waals surface area (Å²) in [4.78, 5) is 24.8. The molecule has 0 radical (unpaired) electrons. The summed E-state index contributed by atoms with van der Waals surface area (Å²) in [5, 5.41) is 9.65. The van der Waals surface area contributed by atoms with Gasteiger partial charge in [-0.15, -0.1) is 0 Å². The van der Waals surface area contributed by atoms with Crippen LogP contribution in [0.15, 0.2) is 33.9 Å².